The summed E-state index contributed by atoms with van der Waals surface area (Å²) in [5.74, 6) is 0.497. The minimum Gasteiger partial charge on any atom is -0.364 e. The Labute approximate surface area is 148 Å². The maximum absolute atomic E-state index is 13.5. The summed E-state index contributed by atoms with van der Waals surface area (Å²) in [5.41, 5.74) is 3.27. The van der Waals surface area contributed by atoms with Gasteiger partial charge in [0.2, 0.25) is 0 Å². The zero-order valence-corrected chi connectivity index (χ0v) is 14.6. The molecule has 6 heteroatoms. The van der Waals surface area contributed by atoms with E-state index in [1.54, 1.807) is 17.4 Å². The second kappa shape index (κ2) is 5.66. The van der Waals surface area contributed by atoms with Crippen molar-refractivity contribution >= 4 is 27.2 Å². The van der Waals surface area contributed by atoms with Crippen molar-refractivity contribution in [3.05, 3.63) is 56.2 Å². The molecule has 3 aromatic rings. The molecule has 0 saturated carbocycles. The van der Waals surface area contributed by atoms with Crippen molar-refractivity contribution in [3.8, 4) is 0 Å². The second-order valence-corrected chi connectivity index (χ2v) is 7.93. The van der Waals surface area contributed by atoms with Crippen molar-refractivity contribution in [2.45, 2.75) is 38.6 Å². The molecule has 0 fully saturated rings. The smallest absolute Gasteiger partial charge is 0.259 e. The number of hydrogen-bond acceptors (Lipinski definition) is 4. The summed E-state index contributed by atoms with van der Waals surface area (Å²) < 4.78 is 13.5. The lowest BCUT2D eigenvalue weighted by Crippen LogP contribution is -2.30. The lowest BCUT2D eigenvalue weighted by Gasteiger charge is -2.30. The number of anilines is 1. The van der Waals surface area contributed by atoms with E-state index in [9.17, 15) is 9.18 Å². The molecular weight excluding hydrogens is 337 g/mol. The van der Waals surface area contributed by atoms with Crippen molar-refractivity contribution in [3.63, 3.8) is 0 Å². The van der Waals surface area contributed by atoms with Crippen LogP contribution >= 0.6 is 11.3 Å². The lowest BCUT2D eigenvalue weighted by molar-refractivity contribution is 0.616. The molecule has 2 aromatic heterocycles. The van der Waals surface area contributed by atoms with Gasteiger partial charge in [0, 0.05) is 17.1 Å². The summed E-state index contributed by atoms with van der Waals surface area (Å²) in [6.07, 6.45) is 5.07. The van der Waals surface area contributed by atoms with E-state index in [0.29, 0.717) is 12.4 Å². The first kappa shape index (κ1) is 15.1. The van der Waals surface area contributed by atoms with Crippen LogP contribution in [0.15, 0.2) is 23.0 Å². The van der Waals surface area contributed by atoms with Gasteiger partial charge in [-0.15, -0.1) is 11.3 Å². The van der Waals surface area contributed by atoms with Crippen LogP contribution in [0, 0.1) is 5.82 Å². The molecule has 5 rings (SSSR count). The van der Waals surface area contributed by atoms with Crippen molar-refractivity contribution in [2.75, 3.05) is 11.4 Å². The van der Waals surface area contributed by atoms with E-state index >= 15 is 0 Å². The molecule has 4 nitrogen and oxygen atoms in total. The Morgan fingerprint density at radius 3 is 3.08 bits per heavy atom. The minimum absolute atomic E-state index is 0.0178. The summed E-state index contributed by atoms with van der Waals surface area (Å²) in [7, 11) is 0. The van der Waals surface area contributed by atoms with Crippen LogP contribution < -0.4 is 10.5 Å². The molecule has 0 saturated heterocycles. The number of nitrogens with zero attached hydrogens (tertiary/aromatic N) is 2. The van der Waals surface area contributed by atoms with Gasteiger partial charge in [0.05, 0.1) is 11.9 Å². The third kappa shape index (κ3) is 2.47. The quantitative estimate of drug-likeness (QED) is 0.765. The molecule has 0 unspecified atom stereocenters. The monoisotopic (exact) mass is 355 g/mol. The molecule has 1 aromatic carbocycles. The first-order chi connectivity index (χ1) is 12.2. The Balaban J connectivity index is 1.52. The summed E-state index contributed by atoms with van der Waals surface area (Å²) in [6.45, 7) is 1.44. The van der Waals surface area contributed by atoms with E-state index < -0.39 is 0 Å². The summed E-state index contributed by atoms with van der Waals surface area (Å²) >= 11 is 1.67. The van der Waals surface area contributed by atoms with Gasteiger partial charge in [-0.3, -0.25) is 4.79 Å². The molecule has 0 spiro atoms. The van der Waals surface area contributed by atoms with E-state index in [0.717, 1.165) is 60.1 Å². The highest BCUT2D eigenvalue weighted by Gasteiger charge is 2.22. The lowest BCUT2D eigenvalue weighted by atomic mass is 10.0. The Morgan fingerprint density at radius 2 is 2.16 bits per heavy atom. The number of H-pyrrole nitrogens is 1. The number of thiophene rings is 1. The van der Waals surface area contributed by atoms with Crippen LogP contribution in [0.1, 0.15) is 34.7 Å². The average Bonchev–Trinajstić information content (AvgIpc) is 3.15. The maximum atomic E-state index is 13.5. The van der Waals surface area contributed by atoms with Crippen molar-refractivity contribution in [2.24, 2.45) is 0 Å². The van der Waals surface area contributed by atoms with Crippen molar-refractivity contribution in [1.82, 2.24) is 9.97 Å². The molecular formula is C19H18FN3OS. The highest BCUT2D eigenvalue weighted by Crippen LogP contribution is 2.35. The van der Waals surface area contributed by atoms with E-state index in [-0.39, 0.29) is 11.4 Å². The van der Waals surface area contributed by atoms with Crippen LogP contribution in [0.3, 0.4) is 0 Å². The van der Waals surface area contributed by atoms with E-state index in [2.05, 4.69) is 9.88 Å². The SMILES string of the molecule is O=c1[nH]c(CN2CCCc3cc(F)ccc32)nc2sc3c(c12)CCC3. The van der Waals surface area contributed by atoms with Gasteiger partial charge in [0.1, 0.15) is 16.5 Å². The zero-order chi connectivity index (χ0) is 17.0. The maximum Gasteiger partial charge on any atom is 0.259 e. The van der Waals surface area contributed by atoms with E-state index in [1.807, 2.05) is 6.07 Å². The van der Waals surface area contributed by atoms with Crippen molar-refractivity contribution in [1.29, 1.82) is 0 Å². The fraction of sp³-hybridized carbons (Fsp3) is 0.368. The van der Waals surface area contributed by atoms with Crippen LogP contribution in [0.5, 0.6) is 0 Å². The third-order valence-corrected chi connectivity index (χ3v) is 6.41. The largest absolute Gasteiger partial charge is 0.364 e. The van der Waals surface area contributed by atoms with Gasteiger partial charge < -0.3 is 9.88 Å². The van der Waals surface area contributed by atoms with Gasteiger partial charge in [-0.25, -0.2) is 9.37 Å². The van der Waals surface area contributed by atoms with Gasteiger partial charge in [0.15, 0.2) is 0 Å². The van der Waals surface area contributed by atoms with Crippen LogP contribution in [0.25, 0.3) is 10.2 Å². The highest BCUT2D eigenvalue weighted by atomic mass is 32.1. The molecule has 1 aliphatic carbocycles. The average molecular weight is 355 g/mol. The second-order valence-electron chi connectivity index (χ2n) is 6.85. The number of fused-ring (bicyclic) bond motifs is 4. The molecule has 0 amide bonds. The number of aromatic nitrogens is 2. The molecule has 0 bridgehead atoms. The van der Waals surface area contributed by atoms with Gasteiger partial charge in [-0.05, 0) is 61.4 Å². The molecule has 1 N–H and O–H groups in total. The molecule has 0 atom stereocenters. The first-order valence-electron chi connectivity index (χ1n) is 8.76. The van der Waals surface area contributed by atoms with Gasteiger partial charge >= 0.3 is 0 Å². The number of benzene rings is 1. The van der Waals surface area contributed by atoms with Gasteiger partial charge in [-0.2, -0.15) is 0 Å². The Kier molecular flexibility index (Phi) is 3.41. The Morgan fingerprint density at radius 1 is 1.24 bits per heavy atom. The predicted molar refractivity (Wildman–Crippen MR) is 98.0 cm³/mol. The number of nitrogens with one attached hydrogen (secondary N) is 1. The predicted octanol–water partition coefficient (Wildman–Crippen LogP) is 3.57. The van der Waals surface area contributed by atoms with Gasteiger partial charge in [-0.1, -0.05) is 0 Å². The van der Waals surface area contributed by atoms with Crippen molar-refractivity contribution < 1.29 is 4.39 Å². The molecule has 0 radical (unpaired) electrons. The third-order valence-electron chi connectivity index (χ3n) is 5.22. The van der Waals surface area contributed by atoms with Crippen LogP contribution in [-0.2, 0) is 25.8 Å². The number of rotatable bonds is 2. The number of hydrogen-bond donors (Lipinski definition) is 1. The van der Waals surface area contributed by atoms with Crippen LogP contribution in [-0.4, -0.2) is 16.5 Å². The highest BCUT2D eigenvalue weighted by molar-refractivity contribution is 7.18. The van der Waals surface area contributed by atoms with Crippen LogP contribution in [0.4, 0.5) is 10.1 Å². The number of aryl methyl sites for hydroxylation is 3. The molecule has 3 heterocycles. The number of halogens is 1. The summed E-state index contributed by atoms with van der Waals surface area (Å²) in [5, 5.41) is 0.794. The van der Waals surface area contributed by atoms with Crippen LogP contribution in [0.2, 0.25) is 0 Å². The van der Waals surface area contributed by atoms with E-state index in [1.165, 1.54) is 16.5 Å². The fourth-order valence-corrected chi connectivity index (χ4v) is 5.39. The fourth-order valence-electron chi connectivity index (χ4n) is 4.11. The Hall–Kier alpha value is -2.21. The zero-order valence-electron chi connectivity index (χ0n) is 13.8. The summed E-state index contributed by atoms with van der Waals surface area (Å²) in [4.78, 5) is 24.7. The molecule has 128 valence electrons. The molecule has 25 heavy (non-hydrogen) atoms. The number of aromatic amines is 1. The first-order valence-corrected chi connectivity index (χ1v) is 9.57. The minimum atomic E-state index is -0.193. The topological polar surface area (TPSA) is 49.0 Å². The van der Waals surface area contributed by atoms with Gasteiger partial charge in [0.25, 0.3) is 5.56 Å². The Bertz CT molecular complexity index is 1040. The summed E-state index contributed by atoms with van der Waals surface area (Å²) in [6, 6.07) is 4.95. The standard InChI is InChI=1S/C19H18FN3OS/c20-12-6-7-14-11(9-12)3-2-8-23(14)10-16-21-18(24)17-13-4-1-5-15(13)25-19(17)22-16/h6-7,9H,1-5,8,10H2,(H,21,22,24). The normalized spacial score (nSPS) is 16.3. The molecule has 1 aliphatic heterocycles. The van der Waals surface area contributed by atoms with E-state index in [4.69, 9.17) is 4.98 Å². The molecule has 2 aliphatic rings.